The van der Waals surface area contributed by atoms with E-state index < -0.39 is 11.6 Å². The van der Waals surface area contributed by atoms with Crippen LogP contribution in [-0.4, -0.2) is 18.1 Å². The van der Waals surface area contributed by atoms with Gasteiger partial charge in [0.25, 0.3) is 6.01 Å². The molecule has 0 fully saturated rings. The predicted molar refractivity (Wildman–Crippen MR) is 118 cm³/mol. The number of para-hydroxylation sites is 3. The van der Waals surface area contributed by atoms with Gasteiger partial charge in [-0.3, -0.25) is 0 Å². The summed E-state index contributed by atoms with van der Waals surface area (Å²) in [5, 5.41) is 0. The molecule has 0 aliphatic heterocycles. The summed E-state index contributed by atoms with van der Waals surface area (Å²) < 4.78 is 38.8. The number of hydrogen-bond donors (Lipinski definition) is 1. The van der Waals surface area contributed by atoms with E-state index in [1.165, 1.54) is 12.1 Å². The average Bonchev–Trinajstić information content (AvgIpc) is 3.18. The number of halogens is 3. The Labute approximate surface area is 184 Å². The Morgan fingerprint density at radius 2 is 1.74 bits per heavy atom. The zero-order valence-corrected chi connectivity index (χ0v) is 17.4. The molecule has 3 aromatic carbocycles. The number of nitrogens with zero attached hydrogens (tertiary/aromatic N) is 2. The van der Waals surface area contributed by atoms with E-state index in [1.54, 1.807) is 0 Å². The van der Waals surface area contributed by atoms with Crippen LogP contribution < -0.4 is 15.4 Å². The van der Waals surface area contributed by atoms with Crippen molar-refractivity contribution in [2.75, 3.05) is 18.0 Å². The fraction of sp³-hybridized carbons (Fsp3) is 0.174. The second kappa shape index (κ2) is 10.2. The standard InChI is InChI=1S/C23H21F2N3O2.ClH/c24-18-10-9-17(19(25)13-18)15-29-21-7-3-1-5-16(21)14-28(12-11-26)23-27-20-6-2-4-8-22(20)30-23;/h1-10,13H,11-12,14-15,26H2;1H. The van der Waals surface area contributed by atoms with Crippen molar-refractivity contribution in [1.82, 2.24) is 4.98 Å². The number of rotatable bonds is 8. The number of oxazole rings is 1. The Morgan fingerprint density at radius 1 is 0.968 bits per heavy atom. The molecule has 0 amide bonds. The van der Waals surface area contributed by atoms with Crippen molar-refractivity contribution in [2.24, 2.45) is 5.73 Å². The minimum absolute atomic E-state index is 0. The minimum Gasteiger partial charge on any atom is -0.488 e. The van der Waals surface area contributed by atoms with Gasteiger partial charge in [-0.2, -0.15) is 4.98 Å². The summed E-state index contributed by atoms with van der Waals surface area (Å²) in [5.74, 6) is -0.657. The molecule has 1 aromatic heterocycles. The molecule has 0 unspecified atom stereocenters. The molecule has 31 heavy (non-hydrogen) atoms. The van der Waals surface area contributed by atoms with Crippen LogP contribution in [0.3, 0.4) is 0 Å². The Morgan fingerprint density at radius 3 is 2.52 bits per heavy atom. The van der Waals surface area contributed by atoms with E-state index in [1.807, 2.05) is 53.4 Å². The van der Waals surface area contributed by atoms with Crippen molar-refractivity contribution < 1.29 is 17.9 Å². The molecule has 0 aliphatic carbocycles. The lowest BCUT2D eigenvalue weighted by Crippen LogP contribution is -2.29. The molecule has 0 bridgehead atoms. The second-order valence-electron chi connectivity index (χ2n) is 6.81. The van der Waals surface area contributed by atoms with E-state index in [2.05, 4.69) is 4.98 Å². The Hall–Kier alpha value is -3.16. The predicted octanol–water partition coefficient (Wildman–Crippen LogP) is 5.07. The van der Waals surface area contributed by atoms with Gasteiger partial charge >= 0.3 is 0 Å². The van der Waals surface area contributed by atoms with Gasteiger partial charge in [-0.15, -0.1) is 12.4 Å². The first-order valence-electron chi connectivity index (χ1n) is 9.59. The van der Waals surface area contributed by atoms with Crippen LogP contribution in [0.5, 0.6) is 5.75 Å². The summed E-state index contributed by atoms with van der Waals surface area (Å²) in [5.41, 5.74) is 8.42. The first-order chi connectivity index (χ1) is 14.6. The highest BCUT2D eigenvalue weighted by Crippen LogP contribution is 2.26. The van der Waals surface area contributed by atoms with E-state index in [4.69, 9.17) is 14.9 Å². The lowest BCUT2D eigenvalue weighted by atomic mass is 10.2. The van der Waals surface area contributed by atoms with E-state index >= 15 is 0 Å². The highest BCUT2D eigenvalue weighted by Gasteiger charge is 2.16. The average molecular weight is 446 g/mol. The fourth-order valence-corrected chi connectivity index (χ4v) is 3.17. The highest BCUT2D eigenvalue weighted by molar-refractivity contribution is 5.85. The van der Waals surface area contributed by atoms with Crippen molar-refractivity contribution >= 4 is 29.5 Å². The summed E-state index contributed by atoms with van der Waals surface area (Å²) >= 11 is 0. The molecule has 0 saturated carbocycles. The van der Waals surface area contributed by atoms with Crippen LogP contribution in [0, 0.1) is 11.6 Å². The summed E-state index contributed by atoms with van der Waals surface area (Å²) in [6.07, 6.45) is 0. The van der Waals surface area contributed by atoms with Gasteiger partial charge in [-0.05, 0) is 30.3 Å². The third-order valence-corrected chi connectivity index (χ3v) is 4.68. The normalized spacial score (nSPS) is 10.7. The Balaban J connectivity index is 0.00000272. The monoisotopic (exact) mass is 445 g/mol. The van der Waals surface area contributed by atoms with E-state index in [9.17, 15) is 8.78 Å². The maximum Gasteiger partial charge on any atom is 0.298 e. The number of fused-ring (bicyclic) bond motifs is 1. The molecule has 8 heteroatoms. The highest BCUT2D eigenvalue weighted by atomic mass is 35.5. The summed E-state index contributed by atoms with van der Waals surface area (Å²) in [7, 11) is 0. The number of nitrogens with two attached hydrogens (primary N) is 1. The number of hydrogen-bond acceptors (Lipinski definition) is 5. The van der Waals surface area contributed by atoms with Crippen LogP contribution in [0.2, 0.25) is 0 Å². The van der Waals surface area contributed by atoms with Gasteiger partial charge in [0.2, 0.25) is 0 Å². The van der Waals surface area contributed by atoms with Crippen molar-refractivity contribution in [2.45, 2.75) is 13.2 Å². The quantitative estimate of drug-likeness (QED) is 0.410. The van der Waals surface area contributed by atoms with Crippen LogP contribution in [-0.2, 0) is 13.2 Å². The molecule has 0 radical (unpaired) electrons. The van der Waals surface area contributed by atoms with Gasteiger partial charge in [0, 0.05) is 30.3 Å². The van der Waals surface area contributed by atoms with Gasteiger partial charge in [0.05, 0.1) is 6.54 Å². The molecular formula is C23H22ClF2N3O2. The molecule has 2 N–H and O–H groups in total. The fourth-order valence-electron chi connectivity index (χ4n) is 3.17. The zero-order chi connectivity index (χ0) is 20.9. The van der Waals surface area contributed by atoms with Gasteiger partial charge in [-0.1, -0.05) is 30.3 Å². The molecule has 4 aromatic rings. The number of ether oxygens (including phenoxy) is 1. The van der Waals surface area contributed by atoms with Gasteiger partial charge in [0.15, 0.2) is 5.58 Å². The van der Waals surface area contributed by atoms with E-state index in [-0.39, 0.29) is 24.6 Å². The summed E-state index contributed by atoms with van der Waals surface area (Å²) in [6.45, 7) is 1.39. The maximum atomic E-state index is 13.9. The molecule has 0 saturated heterocycles. The minimum atomic E-state index is -0.635. The van der Waals surface area contributed by atoms with Crippen LogP contribution >= 0.6 is 12.4 Å². The molecule has 0 atom stereocenters. The lowest BCUT2D eigenvalue weighted by Gasteiger charge is -2.21. The van der Waals surface area contributed by atoms with Crippen molar-refractivity contribution in [3.8, 4) is 5.75 Å². The van der Waals surface area contributed by atoms with Gasteiger partial charge in [0.1, 0.15) is 29.5 Å². The number of anilines is 1. The smallest absolute Gasteiger partial charge is 0.298 e. The number of benzene rings is 3. The molecule has 4 rings (SSSR count). The van der Waals surface area contributed by atoms with Gasteiger partial charge in [-0.25, -0.2) is 8.78 Å². The van der Waals surface area contributed by atoms with Crippen LogP contribution in [0.1, 0.15) is 11.1 Å². The zero-order valence-electron chi connectivity index (χ0n) is 16.6. The molecule has 162 valence electrons. The summed E-state index contributed by atoms with van der Waals surface area (Å²) in [6, 6.07) is 18.9. The van der Waals surface area contributed by atoms with Crippen LogP contribution in [0.4, 0.5) is 14.8 Å². The van der Waals surface area contributed by atoms with Crippen molar-refractivity contribution in [3.05, 3.63) is 89.5 Å². The van der Waals surface area contributed by atoms with Crippen LogP contribution in [0.15, 0.2) is 71.1 Å². The van der Waals surface area contributed by atoms with E-state index in [0.717, 1.165) is 17.1 Å². The second-order valence-corrected chi connectivity index (χ2v) is 6.81. The summed E-state index contributed by atoms with van der Waals surface area (Å²) in [4.78, 5) is 6.48. The largest absolute Gasteiger partial charge is 0.488 e. The van der Waals surface area contributed by atoms with Crippen molar-refractivity contribution in [3.63, 3.8) is 0 Å². The van der Waals surface area contributed by atoms with E-state index in [0.29, 0.717) is 37.0 Å². The van der Waals surface area contributed by atoms with Crippen molar-refractivity contribution in [1.29, 1.82) is 0 Å². The topological polar surface area (TPSA) is 64.5 Å². The first kappa shape index (κ1) is 22.5. The Kier molecular flexibility index (Phi) is 7.44. The molecule has 5 nitrogen and oxygen atoms in total. The molecule has 0 aliphatic rings. The maximum absolute atomic E-state index is 13.9. The van der Waals surface area contributed by atoms with Gasteiger partial charge < -0.3 is 19.8 Å². The first-order valence-corrected chi connectivity index (χ1v) is 9.59. The Bertz CT molecular complexity index is 1120. The third kappa shape index (κ3) is 5.31. The van der Waals surface area contributed by atoms with Crippen LogP contribution in [0.25, 0.3) is 11.1 Å². The molecular weight excluding hydrogens is 424 g/mol. The third-order valence-electron chi connectivity index (χ3n) is 4.68. The SMILES string of the molecule is Cl.NCCN(Cc1ccccc1OCc1ccc(F)cc1F)c1nc2ccccc2o1. The lowest BCUT2D eigenvalue weighted by molar-refractivity contribution is 0.296. The number of aromatic nitrogens is 1. The molecule has 1 heterocycles. The molecule has 0 spiro atoms.